The molecule has 19 heavy (non-hydrogen) atoms. The van der Waals surface area contributed by atoms with Crippen molar-refractivity contribution >= 4 is 21.6 Å². The second-order valence-electron chi connectivity index (χ2n) is 5.97. The van der Waals surface area contributed by atoms with Crippen molar-refractivity contribution in [3.05, 3.63) is 28.2 Å². The Bertz CT molecular complexity index is 502. The van der Waals surface area contributed by atoms with Crippen molar-refractivity contribution < 1.29 is 0 Å². The molecule has 1 saturated heterocycles. The van der Waals surface area contributed by atoms with Gasteiger partial charge in [0.1, 0.15) is 6.07 Å². The standard InChI is InChI=1S/C16H19BrN2/c17-14-3-4-15(13(11-14)12-18)19-9-7-16(8-10-19)5-1-2-6-16/h3-4,11H,1-2,5-10H2. The number of hydrogen-bond donors (Lipinski definition) is 0. The SMILES string of the molecule is N#Cc1cc(Br)ccc1N1CCC2(CCCC2)CC1. The molecule has 1 aliphatic carbocycles. The fourth-order valence-corrected chi connectivity index (χ4v) is 4.08. The summed E-state index contributed by atoms with van der Waals surface area (Å²) >= 11 is 3.44. The fraction of sp³-hybridized carbons (Fsp3) is 0.562. The van der Waals surface area contributed by atoms with Gasteiger partial charge in [-0.15, -0.1) is 0 Å². The van der Waals surface area contributed by atoms with Crippen molar-refractivity contribution in [1.29, 1.82) is 5.26 Å². The lowest BCUT2D eigenvalue weighted by Gasteiger charge is -2.40. The lowest BCUT2D eigenvalue weighted by molar-refractivity contribution is 0.226. The normalized spacial score (nSPS) is 21.6. The molecule has 0 amide bonds. The van der Waals surface area contributed by atoms with Gasteiger partial charge in [-0.1, -0.05) is 28.8 Å². The Morgan fingerprint density at radius 2 is 1.79 bits per heavy atom. The van der Waals surface area contributed by atoms with E-state index in [0.29, 0.717) is 5.41 Å². The summed E-state index contributed by atoms with van der Waals surface area (Å²) in [6.45, 7) is 2.21. The van der Waals surface area contributed by atoms with Gasteiger partial charge in [0, 0.05) is 17.6 Å². The van der Waals surface area contributed by atoms with E-state index in [1.807, 2.05) is 12.1 Å². The van der Waals surface area contributed by atoms with E-state index in [2.05, 4.69) is 33.0 Å². The van der Waals surface area contributed by atoms with Crippen LogP contribution in [0.1, 0.15) is 44.1 Å². The van der Waals surface area contributed by atoms with Crippen LogP contribution in [0.2, 0.25) is 0 Å². The smallest absolute Gasteiger partial charge is 0.101 e. The molecule has 1 saturated carbocycles. The summed E-state index contributed by atoms with van der Waals surface area (Å²) in [5.41, 5.74) is 2.54. The molecule has 0 atom stereocenters. The first-order valence-electron chi connectivity index (χ1n) is 7.17. The molecule has 1 heterocycles. The molecule has 0 unspecified atom stereocenters. The lowest BCUT2D eigenvalue weighted by atomic mass is 9.77. The molecule has 0 N–H and O–H groups in total. The zero-order chi connectivity index (χ0) is 13.3. The van der Waals surface area contributed by atoms with Gasteiger partial charge in [-0.25, -0.2) is 0 Å². The van der Waals surface area contributed by atoms with Crippen molar-refractivity contribution in [2.24, 2.45) is 5.41 Å². The molecule has 1 aromatic rings. The first-order valence-corrected chi connectivity index (χ1v) is 7.96. The van der Waals surface area contributed by atoms with Crippen LogP contribution in [0.4, 0.5) is 5.69 Å². The van der Waals surface area contributed by atoms with E-state index in [1.165, 1.54) is 38.5 Å². The van der Waals surface area contributed by atoms with Gasteiger partial charge in [-0.2, -0.15) is 5.26 Å². The van der Waals surface area contributed by atoms with E-state index in [4.69, 9.17) is 0 Å². The van der Waals surface area contributed by atoms with Crippen LogP contribution in [0.3, 0.4) is 0 Å². The van der Waals surface area contributed by atoms with Gasteiger partial charge in [0.15, 0.2) is 0 Å². The Labute approximate surface area is 123 Å². The summed E-state index contributed by atoms with van der Waals surface area (Å²) in [5.74, 6) is 0. The van der Waals surface area contributed by atoms with E-state index < -0.39 is 0 Å². The highest BCUT2D eigenvalue weighted by molar-refractivity contribution is 9.10. The average molecular weight is 319 g/mol. The summed E-state index contributed by atoms with van der Waals surface area (Å²) < 4.78 is 0.983. The largest absolute Gasteiger partial charge is 0.370 e. The number of nitriles is 1. The molecular formula is C16H19BrN2. The van der Waals surface area contributed by atoms with Crippen LogP contribution in [-0.2, 0) is 0 Å². The molecule has 2 fully saturated rings. The van der Waals surface area contributed by atoms with Crippen molar-refractivity contribution in [2.45, 2.75) is 38.5 Å². The summed E-state index contributed by atoms with van der Waals surface area (Å²) in [5, 5.41) is 9.28. The van der Waals surface area contributed by atoms with Crippen LogP contribution < -0.4 is 4.90 Å². The molecule has 2 aliphatic rings. The van der Waals surface area contributed by atoms with Crippen LogP contribution in [0.25, 0.3) is 0 Å². The second-order valence-corrected chi connectivity index (χ2v) is 6.88. The van der Waals surface area contributed by atoms with E-state index in [1.54, 1.807) is 0 Å². The number of halogens is 1. The number of piperidine rings is 1. The zero-order valence-electron chi connectivity index (χ0n) is 11.2. The number of hydrogen-bond acceptors (Lipinski definition) is 2. The van der Waals surface area contributed by atoms with E-state index in [0.717, 1.165) is 28.8 Å². The highest BCUT2D eigenvalue weighted by Gasteiger charge is 2.37. The lowest BCUT2D eigenvalue weighted by Crippen LogP contribution is -2.39. The molecule has 0 radical (unpaired) electrons. The van der Waals surface area contributed by atoms with Crippen LogP contribution in [0.5, 0.6) is 0 Å². The Kier molecular flexibility index (Phi) is 3.54. The molecule has 100 valence electrons. The second kappa shape index (κ2) is 5.17. The molecule has 1 aromatic carbocycles. The topological polar surface area (TPSA) is 27.0 Å². The zero-order valence-corrected chi connectivity index (χ0v) is 12.7. The van der Waals surface area contributed by atoms with Crippen LogP contribution in [0, 0.1) is 16.7 Å². The third-order valence-corrected chi connectivity index (χ3v) is 5.40. The fourth-order valence-electron chi connectivity index (χ4n) is 3.72. The van der Waals surface area contributed by atoms with Crippen molar-refractivity contribution in [3.63, 3.8) is 0 Å². The Hall–Kier alpha value is -1.01. The van der Waals surface area contributed by atoms with Crippen LogP contribution >= 0.6 is 15.9 Å². The van der Waals surface area contributed by atoms with Crippen molar-refractivity contribution in [1.82, 2.24) is 0 Å². The summed E-state index contributed by atoms with van der Waals surface area (Å²) in [6, 6.07) is 8.37. The number of benzene rings is 1. The molecule has 0 aromatic heterocycles. The van der Waals surface area contributed by atoms with Gasteiger partial charge in [-0.05, 0) is 49.3 Å². The van der Waals surface area contributed by atoms with Gasteiger partial charge in [0.25, 0.3) is 0 Å². The highest BCUT2D eigenvalue weighted by Crippen LogP contribution is 2.46. The maximum atomic E-state index is 9.28. The first kappa shape index (κ1) is 13.0. The monoisotopic (exact) mass is 318 g/mol. The van der Waals surface area contributed by atoms with Crippen molar-refractivity contribution in [3.8, 4) is 6.07 Å². The summed E-state index contributed by atoms with van der Waals surface area (Å²) in [4.78, 5) is 2.40. The van der Waals surface area contributed by atoms with Gasteiger partial charge in [0.05, 0.1) is 11.3 Å². The Morgan fingerprint density at radius 1 is 1.11 bits per heavy atom. The molecule has 1 aliphatic heterocycles. The predicted molar refractivity (Wildman–Crippen MR) is 81.2 cm³/mol. The quantitative estimate of drug-likeness (QED) is 0.763. The van der Waals surface area contributed by atoms with Gasteiger partial charge >= 0.3 is 0 Å². The first-order chi connectivity index (χ1) is 9.22. The highest BCUT2D eigenvalue weighted by atomic mass is 79.9. The molecule has 3 heteroatoms. The minimum absolute atomic E-state index is 0.638. The average Bonchev–Trinajstić information content (AvgIpc) is 2.88. The number of nitrogens with zero attached hydrogens (tertiary/aromatic N) is 2. The third-order valence-electron chi connectivity index (χ3n) is 4.91. The summed E-state index contributed by atoms with van der Waals surface area (Å²) in [7, 11) is 0. The molecule has 2 nitrogen and oxygen atoms in total. The maximum absolute atomic E-state index is 9.28. The van der Waals surface area contributed by atoms with Gasteiger partial charge < -0.3 is 4.90 Å². The Morgan fingerprint density at radius 3 is 2.42 bits per heavy atom. The number of anilines is 1. The summed E-state index contributed by atoms with van der Waals surface area (Å²) in [6.07, 6.45) is 8.28. The third kappa shape index (κ3) is 2.51. The van der Waals surface area contributed by atoms with Gasteiger partial charge in [0.2, 0.25) is 0 Å². The van der Waals surface area contributed by atoms with Crippen LogP contribution in [-0.4, -0.2) is 13.1 Å². The van der Waals surface area contributed by atoms with Crippen LogP contribution in [0.15, 0.2) is 22.7 Å². The molecule has 1 spiro atoms. The predicted octanol–water partition coefficient (Wildman–Crippen LogP) is 4.48. The van der Waals surface area contributed by atoms with Gasteiger partial charge in [-0.3, -0.25) is 0 Å². The minimum Gasteiger partial charge on any atom is -0.370 e. The molecular weight excluding hydrogens is 300 g/mol. The van der Waals surface area contributed by atoms with Crippen molar-refractivity contribution in [2.75, 3.05) is 18.0 Å². The Balaban J connectivity index is 1.77. The number of rotatable bonds is 1. The van der Waals surface area contributed by atoms with E-state index >= 15 is 0 Å². The maximum Gasteiger partial charge on any atom is 0.101 e. The van der Waals surface area contributed by atoms with E-state index in [-0.39, 0.29) is 0 Å². The molecule has 0 bridgehead atoms. The van der Waals surface area contributed by atoms with E-state index in [9.17, 15) is 5.26 Å². The minimum atomic E-state index is 0.638. The molecule has 3 rings (SSSR count).